The Morgan fingerprint density at radius 3 is 2.50 bits per heavy atom. The van der Waals surface area contributed by atoms with Gasteiger partial charge in [0, 0.05) is 42.4 Å². The maximum atomic E-state index is 14.3. The number of amides is 1. The van der Waals surface area contributed by atoms with Gasteiger partial charge in [0.25, 0.3) is 11.5 Å². The molecule has 3 atom stereocenters. The van der Waals surface area contributed by atoms with Crippen LogP contribution in [0.3, 0.4) is 0 Å². The van der Waals surface area contributed by atoms with Crippen LogP contribution in [0.15, 0.2) is 89.9 Å². The standard InChI is InChI=1S/C42H48FN3O4/c1-2-28-17-18-39-35(21-28)37(25-42(50-39)19-8-9-20-42)44-26-38(47)36(22-29-11-4-3-5-12-29)45-40(48)31-24-34(30-13-10-14-32(43)23-30)41(49)46(27-31)33-15-6-7-16-33/h3-5,10-14,17-18,21,23-24,27,33,36-38,44,47H,2,6-9,15-16,19-20,22,25-26H2,1H3,(H,45,48)/t36-,37?,38+/m0/s1. The summed E-state index contributed by atoms with van der Waals surface area (Å²) in [6.07, 6.45) is 11.0. The zero-order chi connectivity index (χ0) is 34.7. The molecule has 4 aromatic rings. The molecule has 50 heavy (non-hydrogen) atoms. The number of aryl methyl sites for hydroxylation is 1. The maximum Gasteiger partial charge on any atom is 0.258 e. The lowest BCUT2D eigenvalue weighted by molar-refractivity contribution is 0.0326. The van der Waals surface area contributed by atoms with E-state index >= 15 is 0 Å². The average molecular weight is 678 g/mol. The number of halogens is 1. The third kappa shape index (κ3) is 7.42. The Kier molecular flexibility index (Phi) is 10.2. The van der Waals surface area contributed by atoms with Crippen LogP contribution in [0.2, 0.25) is 0 Å². The maximum absolute atomic E-state index is 14.3. The number of hydrogen-bond donors (Lipinski definition) is 3. The summed E-state index contributed by atoms with van der Waals surface area (Å²) in [5.41, 5.74) is 3.96. The van der Waals surface area contributed by atoms with Crippen LogP contribution < -0.4 is 20.9 Å². The number of aliphatic hydroxyl groups excluding tert-OH is 1. The van der Waals surface area contributed by atoms with Crippen molar-refractivity contribution in [2.45, 2.75) is 107 Å². The molecule has 2 heterocycles. The minimum absolute atomic E-state index is 0.00914. The number of pyridine rings is 1. The zero-order valence-corrected chi connectivity index (χ0v) is 28.9. The lowest BCUT2D eigenvalue weighted by Crippen LogP contribution is -2.50. The first-order chi connectivity index (χ1) is 24.3. The third-order valence-corrected chi connectivity index (χ3v) is 11.1. The van der Waals surface area contributed by atoms with E-state index in [4.69, 9.17) is 4.74 Å². The van der Waals surface area contributed by atoms with E-state index in [1.165, 1.54) is 17.7 Å². The lowest BCUT2D eigenvalue weighted by atomic mass is 9.85. The van der Waals surface area contributed by atoms with E-state index in [1.807, 2.05) is 30.3 Å². The number of hydrogen-bond acceptors (Lipinski definition) is 5. The van der Waals surface area contributed by atoms with Crippen molar-refractivity contribution in [1.29, 1.82) is 0 Å². The number of aromatic nitrogens is 1. The van der Waals surface area contributed by atoms with E-state index in [1.54, 1.807) is 29.0 Å². The zero-order valence-electron chi connectivity index (χ0n) is 28.9. The van der Waals surface area contributed by atoms with Crippen LogP contribution in [0.4, 0.5) is 4.39 Å². The highest BCUT2D eigenvalue weighted by Gasteiger charge is 2.43. The smallest absolute Gasteiger partial charge is 0.258 e. The number of carbonyl (C=O) groups is 1. The van der Waals surface area contributed by atoms with E-state index in [2.05, 4.69) is 35.8 Å². The summed E-state index contributed by atoms with van der Waals surface area (Å²) in [6.45, 7) is 2.41. The molecule has 1 amide bonds. The number of rotatable bonds is 11. The van der Waals surface area contributed by atoms with E-state index in [0.29, 0.717) is 17.5 Å². The number of benzene rings is 3. The topological polar surface area (TPSA) is 92.6 Å². The van der Waals surface area contributed by atoms with Crippen LogP contribution in [0.1, 0.15) is 104 Å². The Labute approximate surface area is 293 Å². The quantitative estimate of drug-likeness (QED) is 0.153. The Hall–Kier alpha value is -4.27. The second kappa shape index (κ2) is 14.9. The molecule has 2 fully saturated rings. The molecule has 0 bridgehead atoms. The van der Waals surface area contributed by atoms with Crippen molar-refractivity contribution in [2.75, 3.05) is 6.54 Å². The number of nitrogens with zero attached hydrogens (tertiary/aromatic N) is 1. The van der Waals surface area contributed by atoms with E-state index < -0.39 is 18.0 Å². The van der Waals surface area contributed by atoms with Crippen LogP contribution in [0.5, 0.6) is 5.75 Å². The number of carbonyl (C=O) groups excluding carboxylic acids is 1. The molecular weight excluding hydrogens is 629 g/mol. The van der Waals surface area contributed by atoms with Crippen molar-refractivity contribution in [2.24, 2.45) is 0 Å². The van der Waals surface area contributed by atoms with Gasteiger partial charge in [0.1, 0.15) is 17.2 Å². The van der Waals surface area contributed by atoms with Crippen molar-refractivity contribution in [3.63, 3.8) is 0 Å². The molecule has 3 aromatic carbocycles. The molecule has 8 heteroatoms. The van der Waals surface area contributed by atoms with Crippen LogP contribution >= 0.6 is 0 Å². The van der Waals surface area contributed by atoms with Gasteiger partial charge in [0.15, 0.2) is 0 Å². The van der Waals surface area contributed by atoms with Crippen LogP contribution in [-0.4, -0.2) is 39.9 Å². The Morgan fingerprint density at radius 2 is 1.76 bits per heavy atom. The van der Waals surface area contributed by atoms with Gasteiger partial charge in [-0.05, 0) is 92.3 Å². The predicted molar refractivity (Wildman–Crippen MR) is 194 cm³/mol. The van der Waals surface area contributed by atoms with Crippen molar-refractivity contribution in [3.8, 4) is 16.9 Å². The molecule has 3 aliphatic rings. The molecule has 3 N–H and O–H groups in total. The molecule has 7 rings (SSSR count). The molecule has 1 unspecified atom stereocenters. The highest BCUT2D eigenvalue weighted by Crippen LogP contribution is 2.47. The Bertz CT molecular complexity index is 1860. The SMILES string of the molecule is CCc1ccc2c(c1)C(NC[C@@H](O)[C@H](Cc1ccccc1)NC(=O)c1cc(-c3cccc(F)c3)c(=O)n(C3CCCC3)c1)CC1(CCCC1)O2. The van der Waals surface area contributed by atoms with Gasteiger partial charge in [-0.2, -0.15) is 0 Å². The Balaban J connectivity index is 1.16. The van der Waals surface area contributed by atoms with Crippen molar-refractivity contribution in [1.82, 2.24) is 15.2 Å². The summed E-state index contributed by atoms with van der Waals surface area (Å²) in [7, 11) is 0. The summed E-state index contributed by atoms with van der Waals surface area (Å²) in [5, 5.41) is 18.7. The summed E-state index contributed by atoms with van der Waals surface area (Å²) in [6, 6.07) is 23.2. The molecule has 1 spiro atoms. The number of fused-ring (bicyclic) bond motifs is 1. The Morgan fingerprint density at radius 1 is 0.980 bits per heavy atom. The summed E-state index contributed by atoms with van der Waals surface area (Å²) >= 11 is 0. The molecule has 2 saturated carbocycles. The average Bonchev–Trinajstić information content (AvgIpc) is 3.83. The molecule has 1 aromatic heterocycles. The lowest BCUT2D eigenvalue weighted by Gasteiger charge is -2.41. The second-order valence-electron chi connectivity index (χ2n) is 14.5. The molecule has 0 saturated heterocycles. The molecule has 1 aliphatic heterocycles. The summed E-state index contributed by atoms with van der Waals surface area (Å²) in [5.74, 6) is 0.0888. The van der Waals surface area contributed by atoms with Gasteiger partial charge in [-0.3, -0.25) is 9.59 Å². The number of ether oxygens (including phenoxy) is 1. The van der Waals surface area contributed by atoms with Crippen LogP contribution in [0, 0.1) is 5.82 Å². The van der Waals surface area contributed by atoms with E-state index in [0.717, 1.165) is 81.1 Å². The van der Waals surface area contributed by atoms with Crippen LogP contribution in [0.25, 0.3) is 11.1 Å². The van der Waals surface area contributed by atoms with Crippen molar-refractivity contribution < 1.29 is 19.0 Å². The molecule has 7 nitrogen and oxygen atoms in total. The monoisotopic (exact) mass is 677 g/mol. The first-order valence-corrected chi connectivity index (χ1v) is 18.4. The number of nitrogens with one attached hydrogen (secondary N) is 2. The fraction of sp³-hybridized carbons (Fsp3) is 0.429. The largest absolute Gasteiger partial charge is 0.487 e. The van der Waals surface area contributed by atoms with E-state index in [9.17, 15) is 19.1 Å². The van der Waals surface area contributed by atoms with Gasteiger partial charge < -0.3 is 25.0 Å². The minimum Gasteiger partial charge on any atom is -0.487 e. The van der Waals surface area contributed by atoms with Gasteiger partial charge in [0.05, 0.1) is 17.7 Å². The molecule has 0 radical (unpaired) electrons. The third-order valence-electron chi connectivity index (χ3n) is 11.1. The molecule has 262 valence electrons. The van der Waals surface area contributed by atoms with E-state index in [-0.39, 0.29) is 41.3 Å². The number of aliphatic hydroxyl groups is 1. The van der Waals surface area contributed by atoms with Crippen molar-refractivity contribution >= 4 is 5.91 Å². The second-order valence-corrected chi connectivity index (χ2v) is 14.5. The van der Waals surface area contributed by atoms with Crippen molar-refractivity contribution in [3.05, 3.63) is 123 Å². The summed E-state index contributed by atoms with van der Waals surface area (Å²) < 4.78 is 22.6. The first kappa shape index (κ1) is 34.2. The highest BCUT2D eigenvalue weighted by atomic mass is 19.1. The molecular formula is C42H48FN3O4. The van der Waals surface area contributed by atoms with Gasteiger partial charge >= 0.3 is 0 Å². The molecule has 2 aliphatic carbocycles. The van der Waals surface area contributed by atoms with Gasteiger partial charge in [-0.1, -0.05) is 74.4 Å². The van der Waals surface area contributed by atoms with Gasteiger partial charge in [-0.15, -0.1) is 0 Å². The fourth-order valence-electron chi connectivity index (χ4n) is 8.30. The normalized spacial score (nSPS) is 19.5. The van der Waals surface area contributed by atoms with Gasteiger partial charge in [0.2, 0.25) is 0 Å². The summed E-state index contributed by atoms with van der Waals surface area (Å²) in [4.78, 5) is 27.9. The fourth-order valence-corrected chi connectivity index (χ4v) is 8.30. The first-order valence-electron chi connectivity index (χ1n) is 18.4. The van der Waals surface area contributed by atoms with Crippen LogP contribution in [-0.2, 0) is 12.8 Å². The highest BCUT2D eigenvalue weighted by molar-refractivity contribution is 5.95. The van der Waals surface area contributed by atoms with Gasteiger partial charge in [-0.25, -0.2) is 4.39 Å². The predicted octanol–water partition coefficient (Wildman–Crippen LogP) is 7.46. The minimum atomic E-state index is -0.914.